The molecule has 2 rings (SSSR count). The van der Waals surface area contributed by atoms with E-state index in [1.165, 1.54) is 0 Å². The number of hydrogen-bond donors (Lipinski definition) is 0. The summed E-state index contributed by atoms with van der Waals surface area (Å²) in [6, 6.07) is 3.50. The maximum absolute atomic E-state index is 12.1. The van der Waals surface area contributed by atoms with E-state index in [2.05, 4.69) is 19.0 Å². The van der Waals surface area contributed by atoms with Crippen LogP contribution in [0.2, 0.25) is 5.02 Å². The van der Waals surface area contributed by atoms with Gasteiger partial charge in [0.05, 0.1) is 30.4 Å². The number of rotatable bonds is 11. The van der Waals surface area contributed by atoms with E-state index in [1.54, 1.807) is 26.9 Å². The molecular weight excluding hydrogens is 380 g/mol. The summed E-state index contributed by atoms with van der Waals surface area (Å²) >= 11 is 6.43. The van der Waals surface area contributed by atoms with Crippen LogP contribution in [0.3, 0.4) is 0 Å². The normalized spacial score (nSPS) is 10.7. The third-order valence-electron chi connectivity index (χ3n) is 4.18. The Morgan fingerprint density at radius 3 is 2.36 bits per heavy atom. The molecular formula is C20H27BClNO5. The largest absolute Gasteiger partial charge is 0.493 e. The number of aromatic nitrogens is 1. The van der Waals surface area contributed by atoms with Crippen molar-refractivity contribution in [3.63, 3.8) is 0 Å². The first kappa shape index (κ1) is 22.1. The summed E-state index contributed by atoms with van der Waals surface area (Å²) in [5, 5.41) is 4.33. The van der Waals surface area contributed by atoms with Crippen LogP contribution in [0.4, 0.5) is 0 Å². The predicted octanol–water partition coefficient (Wildman–Crippen LogP) is 3.79. The molecule has 2 aromatic rings. The third-order valence-corrected chi connectivity index (χ3v) is 4.48. The number of esters is 1. The van der Waals surface area contributed by atoms with Crippen molar-refractivity contribution in [1.29, 1.82) is 0 Å². The number of ether oxygens (including phenoxy) is 3. The van der Waals surface area contributed by atoms with Gasteiger partial charge in [0.1, 0.15) is 19.3 Å². The molecule has 0 aliphatic rings. The molecule has 28 heavy (non-hydrogen) atoms. The molecule has 0 fully saturated rings. The van der Waals surface area contributed by atoms with E-state index in [9.17, 15) is 4.79 Å². The van der Waals surface area contributed by atoms with Gasteiger partial charge in [-0.15, -0.1) is 0 Å². The first-order valence-electron chi connectivity index (χ1n) is 9.76. The van der Waals surface area contributed by atoms with Crippen LogP contribution in [0, 0.1) is 0 Å². The Bertz CT molecular complexity index is 793. The highest BCUT2D eigenvalue weighted by atomic mass is 35.5. The highest BCUT2D eigenvalue weighted by Gasteiger charge is 2.24. The lowest BCUT2D eigenvalue weighted by molar-refractivity contribution is 0.0516. The van der Waals surface area contributed by atoms with Crippen LogP contribution in [0.25, 0.3) is 11.3 Å². The molecule has 1 aromatic heterocycles. The Morgan fingerprint density at radius 1 is 1.11 bits per heavy atom. The quantitative estimate of drug-likeness (QED) is 0.321. The van der Waals surface area contributed by atoms with Crippen LogP contribution >= 0.6 is 11.6 Å². The molecule has 0 saturated carbocycles. The minimum absolute atomic E-state index is 0.149. The van der Waals surface area contributed by atoms with Crippen molar-refractivity contribution in [2.45, 2.75) is 46.5 Å². The van der Waals surface area contributed by atoms with Gasteiger partial charge in [-0.3, -0.25) is 0 Å². The smallest absolute Gasteiger partial charge is 0.359 e. The molecule has 0 aliphatic heterocycles. The van der Waals surface area contributed by atoms with E-state index >= 15 is 0 Å². The lowest BCUT2D eigenvalue weighted by Crippen LogP contribution is -2.17. The zero-order chi connectivity index (χ0) is 20.5. The summed E-state index contributed by atoms with van der Waals surface area (Å²) in [5.41, 5.74) is 1.36. The molecule has 0 N–H and O–H groups in total. The van der Waals surface area contributed by atoms with Crippen LogP contribution in [0.15, 0.2) is 16.7 Å². The molecule has 6 nitrogen and oxygen atoms in total. The number of unbranched alkanes of at least 4 members (excludes halogenated alkanes) is 2. The SMILES string of the molecule is Bc1c(C(=O)OCC)noc1-c1cc(Cl)c(OCCCC)cc1OCCCC. The monoisotopic (exact) mass is 407 g/mol. The lowest BCUT2D eigenvalue weighted by atomic mass is 9.90. The Kier molecular flexibility index (Phi) is 8.70. The number of carbonyl (C=O) groups is 1. The highest BCUT2D eigenvalue weighted by molar-refractivity contribution is 6.39. The van der Waals surface area contributed by atoms with Crippen LogP contribution in [-0.4, -0.2) is 38.8 Å². The molecule has 1 aromatic carbocycles. The number of halogens is 1. The van der Waals surface area contributed by atoms with Crippen molar-refractivity contribution in [3.05, 3.63) is 22.8 Å². The van der Waals surface area contributed by atoms with Crippen LogP contribution < -0.4 is 14.9 Å². The van der Waals surface area contributed by atoms with Crippen LogP contribution in [0.1, 0.15) is 56.9 Å². The molecule has 0 unspecified atom stereocenters. The lowest BCUT2D eigenvalue weighted by Gasteiger charge is -2.14. The average Bonchev–Trinajstić information content (AvgIpc) is 3.05. The molecule has 0 saturated heterocycles. The Balaban J connectivity index is 2.41. The van der Waals surface area contributed by atoms with Gasteiger partial charge in [0, 0.05) is 6.07 Å². The van der Waals surface area contributed by atoms with Crippen molar-refractivity contribution >= 4 is 30.9 Å². The fourth-order valence-electron chi connectivity index (χ4n) is 2.57. The van der Waals surface area contributed by atoms with Crippen molar-refractivity contribution in [2.75, 3.05) is 19.8 Å². The number of carbonyl (C=O) groups excluding carboxylic acids is 1. The van der Waals surface area contributed by atoms with Crippen molar-refractivity contribution < 1.29 is 23.5 Å². The predicted molar refractivity (Wildman–Crippen MR) is 112 cm³/mol. The topological polar surface area (TPSA) is 70.8 Å². The zero-order valence-electron chi connectivity index (χ0n) is 17.0. The summed E-state index contributed by atoms with van der Waals surface area (Å²) in [7, 11) is 1.76. The zero-order valence-corrected chi connectivity index (χ0v) is 17.7. The highest BCUT2D eigenvalue weighted by Crippen LogP contribution is 2.38. The van der Waals surface area contributed by atoms with Gasteiger partial charge in [0.2, 0.25) is 0 Å². The van der Waals surface area contributed by atoms with Crippen molar-refractivity contribution in [2.24, 2.45) is 0 Å². The van der Waals surface area contributed by atoms with E-state index < -0.39 is 5.97 Å². The number of hydrogen-bond acceptors (Lipinski definition) is 6. The molecule has 152 valence electrons. The summed E-state index contributed by atoms with van der Waals surface area (Å²) < 4.78 is 22.2. The van der Waals surface area contributed by atoms with Gasteiger partial charge in [-0.2, -0.15) is 0 Å². The second-order valence-electron chi connectivity index (χ2n) is 6.39. The van der Waals surface area contributed by atoms with E-state index in [0.717, 1.165) is 25.7 Å². The minimum atomic E-state index is -0.519. The van der Waals surface area contributed by atoms with Gasteiger partial charge in [0.25, 0.3) is 0 Å². The average molecular weight is 408 g/mol. The van der Waals surface area contributed by atoms with Gasteiger partial charge in [-0.05, 0) is 31.3 Å². The van der Waals surface area contributed by atoms with Gasteiger partial charge >= 0.3 is 5.97 Å². The maximum atomic E-state index is 12.1. The standard InChI is InChI=1S/C20H27BClNO5/c1-4-7-9-26-15-12-16(27-10-8-5-2)14(22)11-13(15)19-17(21)18(23-28-19)20(24)25-6-3/h11-12H,4-10,21H2,1-3H3. The Labute approximate surface area is 171 Å². The van der Waals surface area contributed by atoms with Gasteiger partial charge < -0.3 is 18.7 Å². The third kappa shape index (κ3) is 5.44. The van der Waals surface area contributed by atoms with E-state index in [-0.39, 0.29) is 12.3 Å². The molecule has 1 heterocycles. The molecule has 8 heteroatoms. The van der Waals surface area contributed by atoms with Crippen LogP contribution in [-0.2, 0) is 4.74 Å². The van der Waals surface area contributed by atoms with E-state index in [1.807, 2.05) is 0 Å². The van der Waals surface area contributed by atoms with Gasteiger partial charge in [-0.1, -0.05) is 43.4 Å². The first-order chi connectivity index (χ1) is 13.5. The molecule has 0 radical (unpaired) electrons. The summed E-state index contributed by atoms with van der Waals surface area (Å²) in [6.07, 6.45) is 3.90. The maximum Gasteiger partial charge on any atom is 0.359 e. The Morgan fingerprint density at radius 2 is 1.75 bits per heavy atom. The van der Waals surface area contributed by atoms with Crippen LogP contribution in [0.5, 0.6) is 11.5 Å². The fraction of sp³-hybridized carbons (Fsp3) is 0.500. The fourth-order valence-corrected chi connectivity index (χ4v) is 2.79. The van der Waals surface area contributed by atoms with Crippen molar-refractivity contribution in [1.82, 2.24) is 5.16 Å². The van der Waals surface area contributed by atoms with Crippen molar-refractivity contribution in [3.8, 4) is 22.8 Å². The van der Waals surface area contributed by atoms with E-state index in [0.29, 0.717) is 46.5 Å². The van der Waals surface area contributed by atoms with Gasteiger partial charge in [0.15, 0.2) is 11.5 Å². The van der Waals surface area contributed by atoms with Gasteiger partial charge in [-0.25, -0.2) is 4.79 Å². The summed E-state index contributed by atoms with van der Waals surface area (Å²) in [4.78, 5) is 12.1. The molecule has 0 bridgehead atoms. The number of benzene rings is 1. The molecule has 0 amide bonds. The Hall–Kier alpha value is -2.15. The second kappa shape index (κ2) is 11.0. The molecule has 0 spiro atoms. The second-order valence-corrected chi connectivity index (χ2v) is 6.80. The summed E-state index contributed by atoms with van der Waals surface area (Å²) in [6.45, 7) is 7.33. The molecule has 0 atom stereocenters. The minimum Gasteiger partial charge on any atom is -0.493 e. The summed E-state index contributed by atoms with van der Waals surface area (Å²) in [5.74, 6) is 1.05. The number of nitrogens with zero attached hydrogens (tertiary/aromatic N) is 1. The molecule has 0 aliphatic carbocycles. The van der Waals surface area contributed by atoms with E-state index in [4.69, 9.17) is 30.3 Å². The first-order valence-corrected chi connectivity index (χ1v) is 10.1.